The Morgan fingerprint density at radius 2 is 1.82 bits per heavy atom. The fourth-order valence-corrected chi connectivity index (χ4v) is 5.46. The number of amides is 1. The highest BCUT2D eigenvalue weighted by molar-refractivity contribution is 7.09. The largest absolute Gasteiger partial charge is 0.496 e. The summed E-state index contributed by atoms with van der Waals surface area (Å²) in [7, 11) is 4.89. The minimum Gasteiger partial charge on any atom is -0.496 e. The van der Waals surface area contributed by atoms with Crippen molar-refractivity contribution in [1.82, 2.24) is 14.9 Å². The molecule has 0 N–H and O–H groups in total. The van der Waals surface area contributed by atoms with Crippen molar-refractivity contribution in [3.63, 3.8) is 0 Å². The number of fused-ring (bicyclic) bond motifs is 1. The Morgan fingerprint density at radius 3 is 2.50 bits per heavy atom. The molecule has 1 fully saturated rings. The van der Waals surface area contributed by atoms with E-state index in [0.29, 0.717) is 53.8 Å². The van der Waals surface area contributed by atoms with E-state index in [2.05, 4.69) is 4.98 Å². The number of pyridine rings is 1. The predicted octanol–water partition coefficient (Wildman–Crippen LogP) is 5.51. The van der Waals surface area contributed by atoms with Crippen LogP contribution in [0.1, 0.15) is 33.9 Å². The zero-order valence-corrected chi connectivity index (χ0v) is 22.8. The number of carbonyl (C=O) groups is 1. The second-order valence-corrected chi connectivity index (χ2v) is 10.2. The fraction of sp³-hybridized carbons (Fsp3) is 0.345. The summed E-state index contributed by atoms with van der Waals surface area (Å²) in [6.07, 6.45) is 1.89. The van der Waals surface area contributed by atoms with Gasteiger partial charge in [-0.1, -0.05) is 12.1 Å². The lowest BCUT2D eigenvalue weighted by molar-refractivity contribution is 0.0503. The van der Waals surface area contributed by atoms with Gasteiger partial charge in [0.1, 0.15) is 28.5 Å². The summed E-state index contributed by atoms with van der Waals surface area (Å²) < 4.78 is 22.9. The minimum atomic E-state index is -0.131. The van der Waals surface area contributed by atoms with Crippen molar-refractivity contribution in [3.8, 4) is 28.5 Å². The minimum absolute atomic E-state index is 0.0172. The molecule has 1 atom stereocenters. The number of para-hydroxylation sites is 1. The molecule has 4 aromatic rings. The van der Waals surface area contributed by atoms with Crippen LogP contribution in [0.2, 0.25) is 0 Å². The van der Waals surface area contributed by atoms with Gasteiger partial charge in [-0.15, -0.1) is 11.3 Å². The van der Waals surface area contributed by atoms with E-state index in [9.17, 15) is 4.79 Å². The van der Waals surface area contributed by atoms with Crippen LogP contribution in [0.25, 0.3) is 22.2 Å². The van der Waals surface area contributed by atoms with E-state index in [-0.39, 0.29) is 12.0 Å². The molecule has 1 saturated heterocycles. The van der Waals surface area contributed by atoms with E-state index in [1.54, 1.807) is 21.3 Å². The maximum atomic E-state index is 13.7. The third-order valence-corrected chi connectivity index (χ3v) is 7.50. The first-order valence-corrected chi connectivity index (χ1v) is 13.4. The van der Waals surface area contributed by atoms with Gasteiger partial charge >= 0.3 is 0 Å². The van der Waals surface area contributed by atoms with Gasteiger partial charge in [-0.2, -0.15) is 0 Å². The monoisotopic (exact) mass is 533 g/mol. The van der Waals surface area contributed by atoms with Gasteiger partial charge in [0.15, 0.2) is 0 Å². The topological polar surface area (TPSA) is 83.0 Å². The molecule has 5 rings (SSSR count). The lowest BCUT2D eigenvalue weighted by atomic mass is 10.0. The highest BCUT2D eigenvalue weighted by Crippen LogP contribution is 2.38. The number of aryl methyl sites for hydroxylation is 1. The highest BCUT2D eigenvalue weighted by atomic mass is 32.1. The normalized spacial score (nSPS) is 15.0. The van der Waals surface area contributed by atoms with Crippen molar-refractivity contribution in [3.05, 3.63) is 64.1 Å². The van der Waals surface area contributed by atoms with E-state index in [1.807, 2.05) is 59.7 Å². The Morgan fingerprint density at radius 1 is 1.05 bits per heavy atom. The average molecular weight is 534 g/mol. The van der Waals surface area contributed by atoms with E-state index in [4.69, 9.17) is 23.9 Å². The third-order valence-electron chi connectivity index (χ3n) is 6.72. The molecule has 9 heteroatoms. The number of nitrogens with zero attached hydrogens (tertiary/aromatic N) is 3. The van der Waals surface area contributed by atoms with Crippen LogP contribution in [0.15, 0.2) is 47.8 Å². The number of benzene rings is 2. The maximum absolute atomic E-state index is 13.7. The molecular weight excluding hydrogens is 502 g/mol. The predicted molar refractivity (Wildman–Crippen MR) is 147 cm³/mol. The van der Waals surface area contributed by atoms with Crippen LogP contribution in [0.5, 0.6) is 17.2 Å². The standard InChI is InChI=1S/C29H31N3O5S/c1-18-30-23(17-38-18)29(33)32(16-20-8-7-13-37-20)15-19-14-22-25(35-3)11-12-26(36-4)28(22)31-27(19)21-9-5-6-10-24(21)34-2/h5-6,9-12,14,17,20H,7-8,13,15-16H2,1-4H3/t20-/m1/s1. The Labute approximate surface area is 226 Å². The zero-order chi connectivity index (χ0) is 26.6. The van der Waals surface area contributed by atoms with Gasteiger partial charge in [0.25, 0.3) is 5.91 Å². The number of thiazole rings is 1. The zero-order valence-electron chi connectivity index (χ0n) is 22.0. The van der Waals surface area contributed by atoms with Crippen LogP contribution in [0, 0.1) is 6.92 Å². The van der Waals surface area contributed by atoms with Crippen molar-refractivity contribution in [1.29, 1.82) is 0 Å². The number of hydrogen-bond acceptors (Lipinski definition) is 8. The summed E-state index contributed by atoms with van der Waals surface area (Å²) in [5, 5.41) is 3.47. The molecule has 0 saturated carbocycles. The maximum Gasteiger partial charge on any atom is 0.273 e. The fourth-order valence-electron chi connectivity index (χ4n) is 4.87. The summed E-state index contributed by atoms with van der Waals surface area (Å²) in [6.45, 7) is 3.39. The highest BCUT2D eigenvalue weighted by Gasteiger charge is 2.27. The van der Waals surface area contributed by atoms with Crippen molar-refractivity contribution in [2.75, 3.05) is 34.5 Å². The number of carbonyl (C=O) groups excluding carboxylic acids is 1. The molecule has 1 amide bonds. The number of aromatic nitrogens is 2. The van der Waals surface area contributed by atoms with Crippen LogP contribution in [0.4, 0.5) is 0 Å². The number of rotatable bonds is 9. The van der Waals surface area contributed by atoms with Gasteiger partial charge in [0.2, 0.25) is 0 Å². The first-order chi connectivity index (χ1) is 18.5. The number of hydrogen-bond donors (Lipinski definition) is 0. The summed E-state index contributed by atoms with van der Waals surface area (Å²) in [5.41, 5.74) is 3.50. The molecule has 0 aliphatic carbocycles. The first-order valence-electron chi connectivity index (χ1n) is 12.5. The van der Waals surface area contributed by atoms with Gasteiger partial charge in [0.05, 0.1) is 38.1 Å². The molecule has 0 radical (unpaired) electrons. The Balaban J connectivity index is 1.67. The van der Waals surface area contributed by atoms with Crippen LogP contribution in [0.3, 0.4) is 0 Å². The summed E-state index contributed by atoms with van der Waals surface area (Å²) >= 11 is 1.47. The van der Waals surface area contributed by atoms with Gasteiger partial charge in [-0.25, -0.2) is 9.97 Å². The summed E-state index contributed by atoms with van der Waals surface area (Å²) in [5.74, 6) is 1.87. The number of methoxy groups -OCH3 is 3. The molecule has 0 unspecified atom stereocenters. The summed E-state index contributed by atoms with van der Waals surface area (Å²) in [4.78, 5) is 25.1. The Kier molecular flexibility index (Phi) is 7.76. The van der Waals surface area contributed by atoms with Gasteiger partial charge in [-0.3, -0.25) is 4.79 Å². The molecule has 198 valence electrons. The SMILES string of the molecule is COc1ccccc1-c1nc2c(OC)ccc(OC)c2cc1CN(C[C@H]1CCCO1)C(=O)c1csc(C)n1. The molecule has 38 heavy (non-hydrogen) atoms. The second kappa shape index (κ2) is 11.4. The van der Waals surface area contributed by atoms with E-state index >= 15 is 0 Å². The average Bonchev–Trinajstić information content (AvgIpc) is 3.63. The van der Waals surface area contributed by atoms with E-state index in [1.165, 1.54) is 11.3 Å². The number of ether oxygens (including phenoxy) is 4. The van der Waals surface area contributed by atoms with Crippen LogP contribution < -0.4 is 14.2 Å². The molecule has 0 spiro atoms. The molecule has 2 aromatic carbocycles. The van der Waals surface area contributed by atoms with Gasteiger partial charge < -0.3 is 23.8 Å². The molecule has 2 aromatic heterocycles. The smallest absolute Gasteiger partial charge is 0.273 e. The molecule has 8 nitrogen and oxygen atoms in total. The Hall–Kier alpha value is -3.69. The van der Waals surface area contributed by atoms with Gasteiger partial charge in [-0.05, 0) is 55.7 Å². The lowest BCUT2D eigenvalue weighted by Gasteiger charge is -2.26. The molecular formula is C29H31N3O5S. The molecule has 1 aliphatic rings. The van der Waals surface area contributed by atoms with E-state index < -0.39 is 0 Å². The van der Waals surface area contributed by atoms with Crippen molar-refractivity contribution in [2.24, 2.45) is 0 Å². The van der Waals surface area contributed by atoms with Gasteiger partial charge in [0, 0.05) is 36.0 Å². The van der Waals surface area contributed by atoms with Crippen LogP contribution in [-0.2, 0) is 11.3 Å². The summed E-state index contributed by atoms with van der Waals surface area (Å²) in [6, 6.07) is 13.5. The van der Waals surface area contributed by atoms with E-state index in [0.717, 1.165) is 34.4 Å². The quantitative estimate of drug-likeness (QED) is 0.280. The van der Waals surface area contributed by atoms with Crippen molar-refractivity contribution < 1.29 is 23.7 Å². The van der Waals surface area contributed by atoms with Crippen LogP contribution in [-0.4, -0.2) is 61.4 Å². The molecule has 0 bridgehead atoms. The lowest BCUT2D eigenvalue weighted by Crippen LogP contribution is -2.37. The van der Waals surface area contributed by atoms with Crippen molar-refractivity contribution in [2.45, 2.75) is 32.4 Å². The molecule has 1 aliphatic heterocycles. The third kappa shape index (κ3) is 5.16. The Bertz CT molecular complexity index is 1450. The second-order valence-electron chi connectivity index (χ2n) is 9.14. The molecule has 3 heterocycles. The first kappa shape index (κ1) is 25.9. The van der Waals surface area contributed by atoms with Crippen LogP contribution >= 0.6 is 11.3 Å². The van der Waals surface area contributed by atoms with Crippen molar-refractivity contribution >= 4 is 28.1 Å².